The molecular weight excluding hydrogens is 250 g/mol. The summed E-state index contributed by atoms with van der Waals surface area (Å²) in [5.41, 5.74) is 0.283. The molecule has 1 aliphatic carbocycles. The van der Waals surface area contributed by atoms with Crippen LogP contribution in [0, 0.1) is 16.0 Å². The Balaban J connectivity index is 1.86. The van der Waals surface area contributed by atoms with Gasteiger partial charge in [0.1, 0.15) is 6.04 Å². The number of carbonyl (C=O) groups excluding carboxylic acids is 2. The second kappa shape index (κ2) is 4.04. The summed E-state index contributed by atoms with van der Waals surface area (Å²) < 4.78 is 0. The van der Waals surface area contributed by atoms with Gasteiger partial charge in [0.2, 0.25) is 0 Å². The predicted molar refractivity (Wildman–Crippen MR) is 65.6 cm³/mol. The molecule has 1 N–H and O–H groups in total. The zero-order valence-corrected chi connectivity index (χ0v) is 9.91. The molecule has 1 saturated carbocycles. The third-order valence-electron chi connectivity index (χ3n) is 3.38. The lowest BCUT2D eigenvalue weighted by atomic mass is 10.2. The largest absolute Gasteiger partial charge is 0.329 e. The van der Waals surface area contributed by atoms with Gasteiger partial charge in [0.25, 0.3) is 11.6 Å². The minimum absolute atomic E-state index is 0.0745. The third kappa shape index (κ3) is 1.92. The van der Waals surface area contributed by atoms with Crippen LogP contribution >= 0.6 is 0 Å². The van der Waals surface area contributed by atoms with E-state index in [-0.39, 0.29) is 17.5 Å². The van der Waals surface area contributed by atoms with E-state index >= 15 is 0 Å². The molecular formula is C12H11N3O4. The molecule has 2 aliphatic rings. The Labute approximate surface area is 108 Å². The lowest BCUT2D eigenvalue weighted by Crippen LogP contribution is -2.32. The summed E-state index contributed by atoms with van der Waals surface area (Å²) in [5, 5.41) is 13.2. The molecule has 7 heteroatoms. The first-order valence-electron chi connectivity index (χ1n) is 5.97. The Morgan fingerprint density at radius 1 is 1.21 bits per heavy atom. The van der Waals surface area contributed by atoms with Gasteiger partial charge in [-0.25, -0.2) is 9.69 Å². The van der Waals surface area contributed by atoms with Crippen LogP contribution in [0.4, 0.5) is 16.2 Å². The van der Waals surface area contributed by atoms with Crippen molar-refractivity contribution in [3.05, 3.63) is 34.4 Å². The molecule has 1 unspecified atom stereocenters. The molecule has 1 saturated heterocycles. The highest BCUT2D eigenvalue weighted by atomic mass is 16.6. The minimum Gasteiger partial charge on any atom is -0.325 e. The lowest BCUT2D eigenvalue weighted by Gasteiger charge is -2.12. The normalized spacial score (nSPS) is 22.5. The SMILES string of the molecule is O=C1NC(C2CC2)C(=O)N1c1ccc([N+](=O)[O-])cc1. The van der Waals surface area contributed by atoms with Crippen molar-refractivity contribution in [2.45, 2.75) is 18.9 Å². The summed E-state index contributed by atoms with van der Waals surface area (Å²) in [4.78, 5) is 35.0. The van der Waals surface area contributed by atoms with Gasteiger partial charge in [0.05, 0.1) is 10.6 Å². The molecule has 0 radical (unpaired) electrons. The Morgan fingerprint density at radius 3 is 2.37 bits per heavy atom. The third-order valence-corrected chi connectivity index (χ3v) is 3.38. The van der Waals surface area contributed by atoms with Crippen molar-refractivity contribution in [2.24, 2.45) is 5.92 Å². The number of nitro groups is 1. The average Bonchev–Trinajstić information content (AvgIpc) is 3.17. The fraction of sp³-hybridized carbons (Fsp3) is 0.333. The first-order chi connectivity index (χ1) is 9.08. The molecule has 0 aromatic heterocycles. The molecule has 1 aromatic rings. The number of imide groups is 1. The highest BCUT2D eigenvalue weighted by Gasteiger charge is 2.46. The molecule has 7 nitrogen and oxygen atoms in total. The molecule has 3 rings (SSSR count). The van der Waals surface area contributed by atoms with E-state index in [1.54, 1.807) is 0 Å². The van der Waals surface area contributed by atoms with E-state index in [4.69, 9.17) is 0 Å². The van der Waals surface area contributed by atoms with Crippen molar-refractivity contribution in [2.75, 3.05) is 4.90 Å². The first kappa shape index (κ1) is 11.6. The van der Waals surface area contributed by atoms with Crippen LogP contribution in [0.3, 0.4) is 0 Å². The van der Waals surface area contributed by atoms with Crippen molar-refractivity contribution in [3.8, 4) is 0 Å². The fourth-order valence-corrected chi connectivity index (χ4v) is 2.22. The van der Waals surface area contributed by atoms with Crippen molar-refractivity contribution in [1.82, 2.24) is 5.32 Å². The van der Waals surface area contributed by atoms with Crippen molar-refractivity contribution in [1.29, 1.82) is 0 Å². The number of hydrogen-bond acceptors (Lipinski definition) is 4. The van der Waals surface area contributed by atoms with Gasteiger partial charge in [-0.2, -0.15) is 0 Å². The summed E-state index contributed by atoms with van der Waals surface area (Å²) in [5.74, 6) is -0.0409. The number of nitrogens with one attached hydrogen (secondary N) is 1. The number of hydrogen-bond donors (Lipinski definition) is 1. The Hall–Kier alpha value is -2.44. The van der Waals surface area contributed by atoms with Crippen molar-refractivity contribution >= 4 is 23.3 Å². The number of carbonyl (C=O) groups is 2. The zero-order chi connectivity index (χ0) is 13.6. The second-order valence-electron chi connectivity index (χ2n) is 4.71. The average molecular weight is 261 g/mol. The van der Waals surface area contributed by atoms with Gasteiger partial charge < -0.3 is 5.32 Å². The maximum atomic E-state index is 12.1. The summed E-state index contributed by atoms with van der Waals surface area (Å²) in [6.45, 7) is 0. The van der Waals surface area contributed by atoms with Gasteiger partial charge >= 0.3 is 6.03 Å². The highest BCUT2D eigenvalue weighted by molar-refractivity contribution is 6.21. The summed E-state index contributed by atoms with van der Waals surface area (Å²) in [7, 11) is 0. The van der Waals surface area contributed by atoms with Crippen molar-refractivity contribution in [3.63, 3.8) is 0 Å². The first-order valence-corrected chi connectivity index (χ1v) is 5.97. The van der Waals surface area contributed by atoms with E-state index in [0.717, 1.165) is 17.7 Å². The monoisotopic (exact) mass is 261 g/mol. The molecule has 98 valence electrons. The summed E-state index contributed by atoms with van der Waals surface area (Å²) in [6, 6.07) is 4.47. The van der Waals surface area contributed by atoms with E-state index in [1.807, 2.05) is 0 Å². The van der Waals surface area contributed by atoms with Crippen LogP contribution < -0.4 is 10.2 Å². The number of anilines is 1. The summed E-state index contributed by atoms with van der Waals surface area (Å²) in [6.07, 6.45) is 1.90. The van der Waals surface area contributed by atoms with Gasteiger partial charge in [-0.15, -0.1) is 0 Å². The quantitative estimate of drug-likeness (QED) is 0.506. The number of amides is 3. The molecule has 0 spiro atoms. The standard InChI is InChI=1S/C12H11N3O4/c16-11-10(7-1-2-7)13-12(17)14(11)8-3-5-9(6-4-8)15(18)19/h3-7,10H,1-2H2,(H,13,17). The van der Waals surface area contributed by atoms with Crippen LogP contribution in [0.15, 0.2) is 24.3 Å². The Kier molecular flexibility index (Phi) is 2.48. The van der Waals surface area contributed by atoms with Gasteiger partial charge in [-0.3, -0.25) is 14.9 Å². The van der Waals surface area contributed by atoms with Gasteiger partial charge in [-0.1, -0.05) is 0 Å². The number of non-ortho nitro benzene ring substituents is 1. The maximum Gasteiger partial charge on any atom is 0.329 e. The Bertz CT molecular complexity index is 565. The van der Waals surface area contributed by atoms with Crippen LogP contribution in [0.2, 0.25) is 0 Å². The topological polar surface area (TPSA) is 92.6 Å². The zero-order valence-electron chi connectivity index (χ0n) is 9.91. The fourth-order valence-electron chi connectivity index (χ4n) is 2.22. The molecule has 1 aliphatic heterocycles. The molecule has 1 heterocycles. The molecule has 3 amide bonds. The number of urea groups is 1. The molecule has 0 bridgehead atoms. The van der Waals surface area contributed by atoms with E-state index in [0.29, 0.717) is 5.69 Å². The van der Waals surface area contributed by atoms with Crippen LogP contribution in [-0.4, -0.2) is 22.9 Å². The van der Waals surface area contributed by atoms with E-state index in [2.05, 4.69) is 5.32 Å². The number of rotatable bonds is 3. The number of nitro benzene ring substituents is 1. The maximum absolute atomic E-state index is 12.1. The van der Waals surface area contributed by atoms with E-state index < -0.39 is 17.0 Å². The molecule has 2 fully saturated rings. The van der Waals surface area contributed by atoms with Gasteiger partial charge in [0.15, 0.2) is 0 Å². The van der Waals surface area contributed by atoms with Gasteiger partial charge in [0, 0.05) is 12.1 Å². The van der Waals surface area contributed by atoms with E-state index in [9.17, 15) is 19.7 Å². The molecule has 19 heavy (non-hydrogen) atoms. The van der Waals surface area contributed by atoms with E-state index in [1.165, 1.54) is 24.3 Å². The predicted octanol–water partition coefficient (Wildman–Crippen LogP) is 1.43. The van der Waals surface area contributed by atoms with Crippen molar-refractivity contribution < 1.29 is 14.5 Å². The van der Waals surface area contributed by atoms with Gasteiger partial charge in [-0.05, 0) is 30.9 Å². The number of benzene rings is 1. The van der Waals surface area contributed by atoms with Crippen LogP contribution in [-0.2, 0) is 4.79 Å². The molecule has 1 atom stereocenters. The highest BCUT2D eigenvalue weighted by Crippen LogP contribution is 2.36. The van der Waals surface area contributed by atoms with Crippen LogP contribution in [0.5, 0.6) is 0 Å². The lowest BCUT2D eigenvalue weighted by molar-refractivity contribution is -0.384. The summed E-state index contributed by atoms with van der Waals surface area (Å²) >= 11 is 0. The molecule has 1 aromatic carbocycles. The number of nitrogens with zero attached hydrogens (tertiary/aromatic N) is 2. The minimum atomic E-state index is -0.525. The smallest absolute Gasteiger partial charge is 0.325 e. The van der Waals surface area contributed by atoms with Crippen LogP contribution in [0.1, 0.15) is 12.8 Å². The Morgan fingerprint density at radius 2 is 1.84 bits per heavy atom. The second-order valence-corrected chi connectivity index (χ2v) is 4.71. The van der Waals surface area contributed by atoms with Crippen LogP contribution in [0.25, 0.3) is 0 Å².